The van der Waals surface area contributed by atoms with Gasteiger partial charge in [0.2, 0.25) is 5.91 Å². The van der Waals surface area contributed by atoms with Crippen LogP contribution >= 0.6 is 0 Å². The van der Waals surface area contributed by atoms with Gasteiger partial charge in [-0.2, -0.15) is 10.1 Å². The first-order chi connectivity index (χ1) is 13.1. The molecule has 0 saturated carbocycles. The minimum absolute atomic E-state index is 0.0243. The van der Waals surface area contributed by atoms with Crippen LogP contribution in [0.15, 0.2) is 36.9 Å². The molecule has 0 aliphatic rings. The number of amides is 1. The Morgan fingerprint density at radius 2 is 2.07 bits per heavy atom. The van der Waals surface area contributed by atoms with E-state index in [4.69, 9.17) is 0 Å². The van der Waals surface area contributed by atoms with Crippen LogP contribution in [0.5, 0.6) is 0 Å². The van der Waals surface area contributed by atoms with E-state index >= 15 is 0 Å². The first-order valence-electron chi connectivity index (χ1n) is 8.97. The molecule has 4 rings (SSSR count). The van der Waals surface area contributed by atoms with Crippen molar-refractivity contribution in [2.24, 2.45) is 0 Å². The van der Waals surface area contributed by atoms with Gasteiger partial charge in [0.15, 0.2) is 0 Å². The molecule has 8 heteroatoms. The molecule has 0 aromatic carbocycles. The molecule has 0 spiro atoms. The van der Waals surface area contributed by atoms with Crippen LogP contribution in [0.1, 0.15) is 29.1 Å². The predicted molar refractivity (Wildman–Crippen MR) is 100 cm³/mol. The average Bonchev–Trinajstić information content (AvgIpc) is 3.27. The molecular formula is C19H21N7O. The number of aromatic nitrogens is 6. The van der Waals surface area contributed by atoms with E-state index in [1.807, 2.05) is 48.8 Å². The first-order valence-corrected chi connectivity index (χ1v) is 8.97. The van der Waals surface area contributed by atoms with Crippen LogP contribution < -0.4 is 5.32 Å². The summed E-state index contributed by atoms with van der Waals surface area (Å²) < 4.78 is 3.69. The van der Waals surface area contributed by atoms with Crippen molar-refractivity contribution in [1.29, 1.82) is 0 Å². The summed E-state index contributed by atoms with van der Waals surface area (Å²) in [5.41, 5.74) is 4.80. The van der Waals surface area contributed by atoms with Crippen molar-refractivity contribution in [2.45, 2.75) is 33.1 Å². The maximum atomic E-state index is 12.2. The van der Waals surface area contributed by atoms with Crippen molar-refractivity contribution in [3.8, 4) is 0 Å². The Labute approximate surface area is 156 Å². The van der Waals surface area contributed by atoms with E-state index in [1.54, 1.807) is 4.52 Å². The average molecular weight is 363 g/mol. The fraction of sp³-hybridized carbons (Fsp3) is 0.316. The number of nitrogens with one attached hydrogen (secondary N) is 1. The largest absolute Gasteiger partial charge is 0.356 e. The van der Waals surface area contributed by atoms with E-state index < -0.39 is 0 Å². The van der Waals surface area contributed by atoms with E-state index in [1.165, 1.54) is 6.33 Å². The fourth-order valence-corrected chi connectivity index (χ4v) is 3.28. The summed E-state index contributed by atoms with van der Waals surface area (Å²) in [5.74, 6) is 0.613. The molecule has 0 bridgehead atoms. The number of imidazole rings is 1. The summed E-state index contributed by atoms with van der Waals surface area (Å²) in [4.78, 5) is 25.3. The SMILES string of the molecule is Cc1nc2ncnn2c(C)c1CCC(=O)NCCc1cn2ccccc2n1. The molecule has 0 aliphatic carbocycles. The van der Waals surface area contributed by atoms with Gasteiger partial charge in [0, 0.05) is 43.2 Å². The normalized spacial score (nSPS) is 11.3. The zero-order valence-electron chi connectivity index (χ0n) is 15.4. The molecular weight excluding hydrogens is 342 g/mol. The topological polar surface area (TPSA) is 89.5 Å². The summed E-state index contributed by atoms with van der Waals surface area (Å²) in [7, 11) is 0. The van der Waals surface area contributed by atoms with E-state index in [0.717, 1.165) is 28.3 Å². The lowest BCUT2D eigenvalue weighted by atomic mass is 10.1. The summed E-state index contributed by atoms with van der Waals surface area (Å²) in [6.07, 6.45) is 7.19. The van der Waals surface area contributed by atoms with E-state index in [-0.39, 0.29) is 5.91 Å². The molecule has 0 atom stereocenters. The van der Waals surface area contributed by atoms with Crippen molar-refractivity contribution in [3.63, 3.8) is 0 Å². The third kappa shape index (κ3) is 3.51. The molecule has 0 aliphatic heterocycles. The quantitative estimate of drug-likeness (QED) is 0.563. The van der Waals surface area contributed by atoms with Crippen LogP contribution in [-0.4, -0.2) is 41.4 Å². The number of rotatable bonds is 6. The second-order valence-electron chi connectivity index (χ2n) is 6.53. The zero-order valence-corrected chi connectivity index (χ0v) is 15.4. The third-order valence-corrected chi connectivity index (χ3v) is 4.71. The Hall–Kier alpha value is -3.29. The first kappa shape index (κ1) is 17.1. The van der Waals surface area contributed by atoms with Gasteiger partial charge in [0.25, 0.3) is 5.78 Å². The van der Waals surface area contributed by atoms with Gasteiger partial charge in [-0.3, -0.25) is 4.79 Å². The van der Waals surface area contributed by atoms with Gasteiger partial charge in [-0.05, 0) is 38.0 Å². The summed E-state index contributed by atoms with van der Waals surface area (Å²) in [6.45, 7) is 4.49. The van der Waals surface area contributed by atoms with E-state index in [2.05, 4.69) is 25.4 Å². The standard InChI is InChI=1S/C19H21N7O/c1-13-16(14(2)26-19(23-13)21-12-22-26)6-7-18(27)20-9-8-15-11-25-10-4-3-5-17(25)24-15/h3-5,10-12H,6-9H2,1-2H3,(H,20,27). The number of hydrogen-bond donors (Lipinski definition) is 1. The van der Waals surface area contributed by atoms with Gasteiger partial charge < -0.3 is 9.72 Å². The third-order valence-electron chi connectivity index (χ3n) is 4.71. The molecule has 1 amide bonds. The van der Waals surface area contributed by atoms with Crippen LogP contribution in [0, 0.1) is 13.8 Å². The molecule has 0 unspecified atom stereocenters. The highest BCUT2D eigenvalue weighted by molar-refractivity contribution is 5.76. The van der Waals surface area contributed by atoms with Crippen LogP contribution in [0.2, 0.25) is 0 Å². The van der Waals surface area contributed by atoms with Gasteiger partial charge in [0.05, 0.1) is 5.69 Å². The minimum atomic E-state index is 0.0243. The molecule has 1 N–H and O–H groups in total. The highest BCUT2D eigenvalue weighted by atomic mass is 16.1. The maximum Gasteiger partial charge on any atom is 0.252 e. The molecule has 4 aromatic heterocycles. The van der Waals surface area contributed by atoms with Crippen molar-refractivity contribution in [1.82, 2.24) is 34.3 Å². The molecule has 0 saturated heterocycles. The number of carbonyl (C=O) groups excluding carboxylic acids is 1. The number of aryl methyl sites for hydroxylation is 2. The Morgan fingerprint density at radius 3 is 2.93 bits per heavy atom. The molecule has 138 valence electrons. The summed E-state index contributed by atoms with van der Waals surface area (Å²) in [6, 6.07) is 5.89. The van der Waals surface area contributed by atoms with E-state index in [0.29, 0.717) is 31.6 Å². The van der Waals surface area contributed by atoms with Crippen molar-refractivity contribution in [3.05, 3.63) is 59.6 Å². The van der Waals surface area contributed by atoms with Gasteiger partial charge in [-0.1, -0.05) is 6.07 Å². The van der Waals surface area contributed by atoms with Crippen molar-refractivity contribution >= 4 is 17.3 Å². The Balaban J connectivity index is 1.32. The predicted octanol–water partition coefficient (Wildman–Crippen LogP) is 1.68. The number of pyridine rings is 1. The summed E-state index contributed by atoms with van der Waals surface area (Å²) in [5, 5.41) is 7.16. The van der Waals surface area contributed by atoms with Gasteiger partial charge in [0.1, 0.15) is 12.0 Å². The molecule has 4 heterocycles. The zero-order chi connectivity index (χ0) is 18.8. The molecule has 8 nitrogen and oxygen atoms in total. The van der Waals surface area contributed by atoms with Crippen LogP contribution in [-0.2, 0) is 17.6 Å². The number of hydrogen-bond acceptors (Lipinski definition) is 5. The highest BCUT2D eigenvalue weighted by Crippen LogP contribution is 2.14. The maximum absolute atomic E-state index is 12.2. The van der Waals surface area contributed by atoms with Crippen LogP contribution in [0.25, 0.3) is 11.4 Å². The van der Waals surface area contributed by atoms with Gasteiger partial charge in [-0.25, -0.2) is 14.5 Å². The molecule has 27 heavy (non-hydrogen) atoms. The minimum Gasteiger partial charge on any atom is -0.356 e. The second-order valence-corrected chi connectivity index (χ2v) is 6.53. The Kier molecular flexibility index (Phi) is 4.53. The van der Waals surface area contributed by atoms with E-state index in [9.17, 15) is 4.79 Å². The van der Waals surface area contributed by atoms with Crippen LogP contribution in [0.3, 0.4) is 0 Å². The lowest BCUT2D eigenvalue weighted by molar-refractivity contribution is -0.121. The molecule has 4 aromatic rings. The van der Waals surface area contributed by atoms with Crippen molar-refractivity contribution < 1.29 is 4.79 Å². The second kappa shape index (κ2) is 7.14. The smallest absolute Gasteiger partial charge is 0.252 e. The van der Waals surface area contributed by atoms with Crippen LogP contribution in [0.4, 0.5) is 0 Å². The van der Waals surface area contributed by atoms with Gasteiger partial charge in [-0.15, -0.1) is 0 Å². The molecule has 0 radical (unpaired) electrons. The summed E-state index contributed by atoms with van der Waals surface area (Å²) >= 11 is 0. The monoisotopic (exact) mass is 363 g/mol. The van der Waals surface area contributed by atoms with Gasteiger partial charge >= 0.3 is 0 Å². The fourth-order valence-electron chi connectivity index (χ4n) is 3.28. The lowest BCUT2D eigenvalue weighted by Gasteiger charge is -2.10. The molecule has 0 fully saturated rings. The lowest BCUT2D eigenvalue weighted by Crippen LogP contribution is -2.26. The van der Waals surface area contributed by atoms with Crippen molar-refractivity contribution in [2.75, 3.05) is 6.54 Å². The Bertz CT molecular complexity index is 1080. The number of carbonyl (C=O) groups is 1. The number of nitrogens with zero attached hydrogens (tertiary/aromatic N) is 6. The Morgan fingerprint density at radius 1 is 1.19 bits per heavy atom. The number of fused-ring (bicyclic) bond motifs is 2. The highest BCUT2D eigenvalue weighted by Gasteiger charge is 2.12.